The van der Waals surface area contributed by atoms with Gasteiger partial charge in [-0.3, -0.25) is 0 Å². The molecule has 3 nitrogen and oxygen atoms in total. The van der Waals surface area contributed by atoms with Gasteiger partial charge < -0.3 is 4.42 Å². The van der Waals surface area contributed by atoms with Crippen molar-refractivity contribution in [3.05, 3.63) is 157 Å². The largest absolute Gasteiger partial charge is 0.456 e. The van der Waals surface area contributed by atoms with Crippen molar-refractivity contribution in [1.82, 2.24) is 9.97 Å². The van der Waals surface area contributed by atoms with Crippen LogP contribution in [0, 0.1) is 0 Å². The Balaban J connectivity index is 1.14. The van der Waals surface area contributed by atoms with Gasteiger partial charge in [-0.15, -0.1) is 0 Å². The maximum Gasteiger partial charge on any atom is 0.160 e. The molecule has 0 fully saturated rings. The van der Waals surface area contributed by atoms with Crippen LogP contribution in [0.25, 0.3) is 78.1 Å². The van der Waals surface area contributed by atoms with E-state index in [1.54, 1.807) is 0 Å². The highest BCUT2D eigenvalue weighted by molar-refractivity contribution is 6.08. The fraction of sp³-hybridized carbons (Fsp3) is 0.0698. The molecule has 1 aliphatic rings. The summed E-state index contributed by atoms with van der Waals surface area (Å²) in [6, 6.07) is 51.1. The van der Waals surface area contributed by atoms with E-state index in [0.717, 1.165) is 61.1 Å². The van der Waals surface area contributed by atoms with Crippen molar-refractivity contribution in [3.63, 3.8) is 0 Å². The molecule has 1 aliphatic carbocycles. The molecule has 2 heterocycles. The van der Waals surface area contributed by atoms with E-state index >= 15 is 0 Å². The highest BCUT2D eigenvalue weighted by atomic mass is 16.3. The van der Waals surface area contributed by atoms with E-state index in [2.05, 4.69) is 123 Å². The van der Waals surface area contributed by atoms with Gasteiger partial charge in [0.2, 0.25) is 0 Å². The molecule has 6 aromatic carbocycles. The van der Waals surface area contributed by atoms with E-state index < -0.39 is 0 Å². The second-order valence-electron chi connectivity index (χ2n) is 12.7. The molecule has 0 aliphatic heterocycles. The van der Waals surface area contributed by atoms with Gasteiger partial charge in [0.15, 0.2) is 5.82 Å². The number of furan rings is 1. The average molecular weight is 591 g/mol. The summed E-state index contributed by atoms with van der Waals surface area (Å²) in [4.78, 5) is 10.00. The van der Waals surface area contributed by atoms with Crippen molar-refractivity contribution in [1.29, 1.82) is 0 Å². The van der Waals surface area contributed by atoms with Crippen LogP contribution in [0.1, 0.15) is 25.0 Å². The van der Waals surface area contributed by atoms with Gasteiger partial charge in [0.1, 0.15) is 11.2 Å². The lowest BCUT2D eigenvalue weighted by Crippen LogP contribution is -2.14. The number of rotatable bonds is 4. The van der Waals surface area contributed by atoms with Crippen LogP contribution in [0.5, 0.6) is 0 Å². The summed E-state index contributed by atoms with van der Waals surface area (Å²) in [5.41, 5.74) is 14.2. The van der Waals surface area contributed by atoms with Gasteiger partial charge in [0.25, 0.3) is 0 Å². The molecule has 3 heteroatoms. The number of hydrogen-bond acceptors (Lipinski definition) is 3. The summed E-state index contributed by atoms with van der Waals surface area (Å²) in [5, 5.41) is 2.29. The fourth-order valence-electron chi connectivity index (χ4n) is 7.08. The molecule has 0 amide bonds. The van der Waals surface area contributed by atoms with E-state index in [-0.39, 0.29) is 5.41 Å². The summed E-state index contributed by atoms with van der Waals surface area (Å²) in [7, 11) is 0. The maximum atomic E-state index is 6.56. The Morgan fingerprint density at radius 1 is 0.435 bits per heavy atom. The quantitative estimate of drug-likeness (QED) is 0.205. The summed E-state index contributed by atoms with van der Waals surface area (Å²) >= 11 is 0. The lowest BCUT2D eigenvalue weighted by molar-refractivity contribution is 0.647. The SMILES string of the molecule is CC1(C)c2ccccc2-c2cc3c(cc21)oc1cc(-c2cccc(-c4cc(-c5ccccc5)nc(-c5ccccc5)n4)c2)ccc13. The maximum absolute atomic E-state index is 6.56. The van der Waals surface area contributed by atoms with Crippen LogP contribution in [0.3, 0.4) is 0 Å². The van der Waals surface area contributed by atoms with Gasteiger partial charge in [-0.2, -0.15) is 0 Å². The molecular formula is C43H30N2O. The lowest BCUT2D eigenvalue weighted by atomic mass is 9.82. The Bertz CT molecular complexity index is 2380. The molecule has 0 saturated carbocycles. The molecular weight excluding hydrogens is 560 g/mol. The Hall–Kier alpha value is -5.80. The summed E-state index contributed by atoms with van der Waals surface area (Å²) < 4.78 is 6.56. The third-order valence-electron chi connectivity index (χ3n) is 9.49. The van der Waals surface area contributed by atoms with Crippen LogP contribution >= 0.6 is 0 Å². The first kappa shape index (κ1) is 26.6. The first-order valence-electron chi connectivity index (χ1n) is 15.7. The standard InChI is InChI=1S/C43H30N2O/c1-43(2)36-19-10-9-18-32(36)34-24-35-33-21-20-30(23-40(33)46-41(35)25-37(34)43)29-16-11-17-31(22-29)39-26-38(27-12-5-3-6-13-27)44-42(45-39)28-14-7-4-8-15-28/h3-26H,1-2H3. The Morgan fingerprint density at radius 3 is 1.87 bits per heavy atom. The van der Waals surface area contributed by atoms with Crippen LogP contribution in [-0.4, -0.2) is 9.97 Å². The van der Waals surface area contributed by atoms with Gasteiger partial charge in [0, 0.05) is 32.9 Å². The summed E-state index contributed by atoms with van der Waals surface area (Å²) in [6.07, 6.45) is 0. The van der Waals surface area contributed by atoms with Crippen LogP contribution in [0.2, 0.25) is 0 Å². The Morgan fingerprint density at radius 2 is 1.07 bits per heavy atom. The van der Waals surface area contributed by atoms with Gasteiger partial charge in [0.05, 0.1) is 11.4 Å². The normalized spacial score (nSPS) is 13.2. The van der Waals surface area contributed by atoms with Crippen molar-refractivity contribution < 1.29 is 4.42 Å². The van der Waals surface area contributed by atoms with Crippen molar-refractivity contribution in [2.75, 3.05) is 0 Å². The minimum Gasteiger partial charge on any atom is -0.456 e. The average Bonchev–Trinajstić information content (AvgIpc) is 3.58. The Labute approximate surface area is 267 Å². The van der Waals surface area contributed by atoms with E-state index in [4.69, 9.17) is 14.4 Å². The van der Waals surface area contributed by atoms with Gasteiger partial charge in [-0.25, -0.2) is 9.97 Å². The van der Waals surface area contributed by atoms with Crippen LogP contribution in [-0.2, 0) is 5.41 Å². The third-order valence-corrected chi connectivity index (χ3v) is 9.49. The monoisotopic (exact) mass is 590 g/mol. The smallest absolute Gasteiger partial charge is 0.160 e. The minimum absolute atomic E-state index is 0.0631. The first-order valence-corrected chi connectivity index (χ1v) is 15.7. The molecule has 0 N–H and O–H groups in total. The molecule has 9 rings (SSSR count). The number of fused-ring (bicyclic) bond motifs is 6. The second-order valence-corrected chi connectivity index (χ2v) is 12.7. The lowest BCUT2D eigenvalue weighted by Gasteiger charge is -2.21. The predicted octanol–water partition coefficient (Wildman–Crippen LogP) is 11.4. The van der Waals surface area contributed by atoms with E-state index in [9.17, 15) is 0 Å². The predicted molar refractivity (Wildman–Crippen MR) is 189 cm³/mol. The molecule has 8 aromatic rings. The third kappa shape index (κ3) is 4.20. The van der Waals surface area contributed by atoms with E-state index in [0.29, 0.717) is 5.82 Å². The summed E-state index contributed by atoms with van der Waals surface area (Å²) in [6.45, 7) is 4.61. The molecule has 218 valence electrons. The highest BCUT2D eigenvalue weighted by Crippen LogP contribution is 2.50. The second kappa shape index (κ2) is 10.1. The molecule has 2 aromatic heterocycles. The van der Waals surface area contributed by atoms with Crippen LogP contribution in [0.4, 0.5) is 0 Å². The van der Waals surface area contributed by atoms with Crippen molar-refractivity contribution in [3.8, 4) is 56.2 Å². The fourth-order valence-corrected chi connectivity index (χ4v) is 7.08. The number of nitrogens with zero attached hydrogens (tertiary/aromatic N) is 2. The number of benzene rings is 6. The summed E-state index contributed by atoms with van der Waals surface area (Å²) in [5.74, 6) is 0.712. The molecule has 0 saturated heterocycles. The molecule has 0 bridgehead atoms. The number of aromatic nitrogens is 2. The van der Waals surface area contributed by atoms with Gasteiger partial charge in [-0.05, 0) is 69.8 Å². The van der Waals surface area contributed by atoms with E-state index in [1.807, 2.05) is 36.4 Å². The molecule has 0 unspecified atom stereocenters. The molecule has 0 atom stereocenters. The number of hydrogen-bond donors (Lipinski definition) is 0. The van der Waals surface area contributed by atoms with Crippen molar-refractivity contribution >= 4 is 21.9 Å². The Kier molecular flexibility index (Phi) is 5.85. The van der Waals surface area contributed by atoms with E-state index in [1.165, 1.54) is 22.3 Å². The topological polar surface area (TPSA) is 38.9 Å². The van der Waals surface area contributed by atoms with Crippen molar-refractivity contribution in [2.45, 2.75) is 19.3 Å². The van der Waals surface area contributed by atoms with Crippen molar-refractivity contribution in [2.24, 2.45) is 0 Å². The van der Waals surface area contributed by atoms with Gasteiger partial charge in [-0.1, -0.05) is 123 Å². The van der Waals surface area contributed by atoms with Crippen LogP contribution < -0.4 is 0 Å². The zero-order valence-corrected chi connectivity index (χ0v) is 25.7. The van der Waals surface area contributed by atoms with Crippen LogP contribution in [0.15, 0.2) is 150 Å². The zero-order chi connectivity index (χ0) is 30.8. The molecule has 46 heavy (non-hydrogen) atoms. The first-order chi connectivity index (χ1) is 22.5. The zero-order valence-electron chi connectivity index (χ0n) is 25.7. The minimum atomic E-state index is -0.0631. The molecule has 0 radical (unpaired) electrons. The molecule has 0 spiro atoms. The highest BCUT2D eigenvalue weighted by Gasteiger charge is 2.36. The van der Waals surface area contributed by atoms with Gasteiger partial charge >= 0.3 is 0 Å².